The summed E-state index contributed by atoms with van der Waals surface area (Å²) in [5, 5.41) is 15.4. The van der Waals surface area contributed by atoms with E-state index >= 15 is 0 Å². The molecule has 1 heterocycles. The second-order valence-corrected chi connectivity index (χ2v) is 5.28. The number of anilines is 1. The fourth-order valence-corrected chi connectivity index (χ4v) is 1.32. The minimum atomic E-state index is -0.994. The fourth-order valence-electron chi connectivity index (χ4n) is 1.32. The molecule has 0 saturated heterocycles. The van der Waals surface area contributed by atoms with Crippen LogP contribution in [0.1, 0.15) is 39.3 Å². The lowest BCUT2D eigenvalue weighted by atomic mass is 10.2. The van der Waals surface area contributed by atoms with Crippen LogP contribution >= 0.6 is 0 Å². The number of hydrogen-bond acceptors (Lipinski definition) is 4. The third-order valence-electron chi connectivity index (χ3n) is 2.29. The molecule has 0 spiro atoms. The minimum absolute atomic E-state index is 0.294. The van der Waals surface area contributed by atoms with Crippen molar-refractivity contribution < 1.29 is 19.4 Å². The molecule has 7 heteroatoms. The Morgan fingerprint density at radius 1 is 1.47 bits per heavy atom. The summed E-state index contributed by atoms with van der Waals surface area (Å²) in [6.45, 7) is 8.50. The van der Waals surface area contributed by atoms with Gasteiger partial charge in [-0.2, -0.15) is 5.10 Å². The van der Waals surface area contributed by atoms with E-state index in [1.54, 1.807) is 33.9 Å². The number of aliphatic carboxylic acids is 1. The SMILES string of the molecule is Cc1cn(C(C)C(=O)O)nc1NC(=O)OC(C)(C)C. The summed E-state index contributed by atoms with van der Waals surface area (Å²) in [6.07, 6.45) is 0.940. The van der Waals surface area contributed by atoms with Crippen LogP contribution in [-0.4, -0.2) is 32.6 Å². The van der Waals surface area contributed by atoms with Crippen molar-refractivity contribution in [2.24, 2.45) is 0 Å². The maximum atomic E-state index is 11.6. The third kappa shape index (κ3) is 4.27. The number of aryl methyl sites for hydroxylation is 1. The topological polar surface area (TPSA) is 93.5 Å². The average molecular weight is 269 g/mol. The first-order chi connectivity index (χ1) is 8.60. The highest BCUT2D eigenvalue weighted by atomic mass is 16.6. The van der Waals surface area contributed by atoms with Crippen LogP contribution in [-0.2, 0) is 9.53 Å². The van der Waals surface area contributed by atoms with E-state index in [0.717, 1.165) is 0 Å². The highest BCUT2D eigenvalue weighted by molar-refractivity contribution is 5.84. The van der Waals surface area contributed by atoms with Crippen molar-refractivity contribution in [3.8, 4) is 0 Å². The van der Waals surface area contributed by atoms with Gasteiger partial charge in [0.15, 0.2) is 5.82 Å². The zero-order valence-corrected chi connectivity index (χ0v) is 11.7. The Morgan fingerprint density at radius 3 is 2.53 bits per heavy atom. The van der Waals surface area contributed by atoms with Crippen LogP contribution in [0.15, 0.2) is 6.20 Å². The van der Waals surface area contributed by atoms with Gasteiger partial charge in [-0.25, -0.2) is 9.59 Å². The average Bonchev–Trinajstić information content (AvgIpc) is 2.56. The maximum absolute atomic E-state index is 11.6. The van der Waals surface area contributed by atoms with E-state index in [2.05, 4.69) is 10.4 Å². The first-order valence-corrected chi connectivity index (χ1v) is 5.88. The number of rotatable bonds is 3. The van der Waals surface area contributed by atoms with Crippen LogP contribution in [0.25, 0.3) is 0 Å². The molecule has 1 unspecified atom stereocenters. The second kappa shape index (κ2) is 5.29. The Bertz CT molecular complexity index is 488. The van der Waals surface area contributed by atoms with Gasteiger partial charge in [0.05, 0.1) is 0 Å². The lowest BCUT2D eigenvalue weighted by molar-refractivity contribution is -0.140. The third-order valence-corrected chi connectivity index (χ3v) is 2.29. The highest BCUT2D eigenvalue weighted by Crippen LogP contribution is 2.17. The number of carbonyl (C=O) groups is 2. The van der Waals surface area contributed by atoms with Gasteiger partial charge in [-0.15, -0.1) is 0 Å². The molecule has 0 aliphatic rings. The summed E-state index contributed by atoms with van der Waals surface area (Å²) in [5.74, 6) is -0.700. The molecule has 1 atom stereocenters. The Hall–Kier alpha value is -2.05. The molecule has 106 valence electrons. The number of amides is 1. The summed E-state index contributed by atoms with van der Waals surface area (Å²) < 4.78 is 6.38. The van der Waals surface area contributed by atoms with Gasteiger partial charge in [0, 0.05) is 11.8 Å². The van der Waals surface area contributed by atoms with Gasteiger partial charge < -0.3 is 9.84 Å². The number of ether oxygens (including phenoxy) is 1. The summed E-state index contributed by atoms with van der Waals surface area (Å²) >= 11 is 0. The van der Waals surface area contributed by atoms with Crippen LogP contribution in [0.4, 0.5) is 10.6 Å². The number of carboxylic acid groups (broad SMARTS) is 1. The number of carboxylic acids is 1. The number of nitrogens with one attached hydrogen (secondary N) is 1. The van der Waals surface area contributed by atoms with Crippen LogP contribution < -0.4 is 5.32 Å². The molecule has 0 bridgehead atoms. The zero-order chi connectivity index (χ0) is 14.8. The van der Waals surface area contributed by atoms with Crippen molar-refractivity contribution >= 4 is 17.9 Å². The molecule has 0 aromatic carbocycles. The molecule has 2 N–H and O–H groups in total. The molecule has 1 aromatic rings. The van der Waals surface area contributed by atoms with E-state index < -0.39 is 23.7 Å². The van der Waals surface area contributed by atoms with Crippen LogP contribution in [0.2, 0.25) is 0 Å². The summed E-state index contributed by atoms with van der Waals surface area (Å²) in [5.41, 5.74) is 0.0634. The lowest BCUT2D eigenvalue weighted by Gasteiger charge is -2.19. The maximum Gasteiger partial charge on any atom is 0.413 e. The normalized spacial score (nSPS) is 12.9. The Morgan fingerprint density at radius 2 is 2.05 bits per heavy atom. The molecular weight excluding hydrogens is 250 g/mol. The van der Waals surface area contributed by atoms with Crippen molar-refractivity contribution in [3.63, 3.8) is 0 Å². The minimum Gasteiger partial charge on any atom is -0.480 e. The predicted molar refractivity (Wildman–Crippen MR) is 69.2 cm³/mol. The van der Waals surface area contributed by atoms with Gasteiger partial charge in [-0.1, -0.05) is 0 Å². The Balaban J connectivity index is 2.80. The van der Waals surface area contributed by atoms with E-state index in [0.29, 0.717) is 11.4 Å². The number of carbonyl (C=O) groups excluding carboxylic acids is 1. The first kappa shape index (κ1) is 15.0. The summed E-state index contributed by atoms with van der Waals surface area (Å²) in [7, 11) is 0. The summed E-state index contributed by atoms with van der Waals surface area (Å²) in [6, 6.07) is -0.798. The van der Waals surface area contributed by atoms with Crippen LogP contribution in [0.5, 0.6) is 0 Å². The van der Waals surface area contributed by atoms with Gasteiger partial charge in [-0.05, 0) is 34.6 Å². The Labute approximate surface area is 111 Å². The van der Waals surface area contributed by atoms with E-state index in [1.165, 1.54) is 11.6 Å². The highest BCUT2D eigenvalue weighted by Gasteiger charge is 2.20. The van der Waals surface area contributed by atoms with Crippen LogP contribution in [0, 0.1) is 6.92 Å². The number of nitrogens with zero attached hydrogens (tertiary/aromatic N) is 2. The van der Waals surface area contributed by atoms with E-state index in [-0.39, 0.29) is 0 Å². The largest absolute Gasteiger partial charge is 0.480 e. The molecule has 1 aromatic heterocycles. The molecule has 0 aliphatic carbocycles. The van der Waals surface area contributed by atoms with Gasteiger partial charge >= 0.3 is 12.1 Å². The van der Waals surface area contributed by atoms with Crippen molar-refractivity contribution in [3.05, 3.63) is 11.8 Å². The summed E-state index contributed by atoms with van der Waals surface area (Å²) in [4.78, 5) is 22.5. The molecule has 0 radical (unpaired) electrons. The molecule has 0 fully saturated rings. The Kier molecular flexibility index (Phi) is 4.18. The van der Waals surface area contributed by atoms with E-state index in [1.807, 2.05) is 0 Å². The number of hydrogen-bond donors (Lipinski definition) is 2. The standard InChI is InChI=1S/C12H19N3O4/c1-7-6-15(8(2)10(16)17)14-9(7)13-11(18)19-12(3,4)5/h6,8H,1-5H3,(H,16,17)(H,13,14,18). The molecule has 19 heavy (non-hydrogen) atoms. The molecule has 0 saturated carbocycles. The van der Waals surface area contributed by atoms with Gasteiger partial charge in [-0.3, -0.25) is 10.00 Å². The van der Waals surface area contributed by atoms with Crippen LogP contribution in [0.3, 0.4) is 0 Å². The molecule has 7 nitrogen and oxygen atoms in total. The smallest absolute Gasteiger partial charge is 0.413 e. The van der Waals surface area contributed by atoms with Crippen molar-refractivity contribution in [2.45, 2.75) is 46.3 Å². The van der Waals surface area contributed by atoms with Gasteiger partial charge in [0.2, 0.25) is 0 Å². The fraction of sp³-hybridized carbons (Fsp3) is 0.583. The first-order valence-electron chi connectivity index (χ1n) is 5.88. The van der Waals surface area contributed by atoms with Gasteiger partial charge in [0.1, 0.15) is 11.6 Å². The monoisotopic (exact) mass is 269 g/mol. The quantitative estimate of drug-likeness (QED) is 0.877. The predicted octanol–water partition coefficient (Wildman–Crippen LogP) is 2.18. The number of aromatic nitrogens is 2. The van der Waals surface area contributed by atoms with Crippen molar-refractivity contribution in [1.82, 2.24) is 9.78 Å². The van der Waals surface area contributed by atoms with E-state index in [4.69, 9.17) is 9.84 Å². The van der Waals surface area contributed by atoms with Gasteiger partial charge in [0.25, 0.3) is 0 Å². The zero-order valence-electron chi connectivity index (χ0n) is 11.7. The molecule has 1 rings (SSSR count). The molecule has 1 amide bonds. The van der Waals surface area contributed by atoms with Crippen molar-refractivity contribution in [1.29, 1.82) is 0 Å². The second-order valence-electron chi connectivity index (χ2n) is 5.28. The van der Waals surface area contributed by atoms with E-state index in [9.17, 15) is 9.59 Å². The molecular formula is C12H19N3O4. The van der Waals surface area contributed by atoms with Crippen molar-refractivity contribution in [2.75, 3.05) is 5.32 Å². The lowest BCUT2D eigenvalue weighted by Crippen LogP contribution is -2.27. The molecule has 0 aliphatic heterocycles.